The molecule has 0 bridgehead atoms. The monoisotopic (exact) mass is 445 g/mol. The van der Waals surface area contributed by atoms with Gasteiger partial charge in [-0.25, -0.2) is 0 Å². The molecule has 2 fully saturated rings. The summed E-state index contributed by atoms with van der Waals surface area (Å²) in [5, 5.41) is 1.17. The van der Waals surface area contributed by atoms with Crippen LogP contribution in [0.2, 0.25) is 0 Å². The van der Waals surface area contributed by atoms with Crippen LogP contribution in [-0.4, -0.2) is 41.0 Å². The van der Waals surface area contributed by atoms with E-state index in [1.54, 1.807) is 0 Å². The van der Waals surface area contributed by atoms with E-state index in [1.807, 2.05) is 12.3 Å². The van der Waals surface area contributed by atoms with Crippen LogP contribution in [0, 0.1) is 0 Å². The molecule has 2 aliphatic rings. The second kappa shape index (κ2) is 8.73. The van der Waals surface area contributed by atoms with Crippen molar-refractivity contribution in [3.8, 4) is 11.1 Å². The number of para-hydroxylation sites is 1. The molecular formula is C31H31N3. The van der Waals surface area contributed by atoms with Crippen molar-refractivity contribution in [1.82, 2.24) is 14.8 Å². The minimum absolute atomic E-state index is 0.253. The third-order valence-corrected chi connectivity index (χ3v) is 7.92. The molecule has 0 atom stereocenters. The van der Waals surface area contributed by atoms with Crippen molar-refractivity contribution in [3.05, 3.63) is 109 Å². The normalized spacial score (nSPS) is 17.9. The summed E-state index contributed by atoms with van der Waals surface area (Å²) in [5.41, 5.74) is 7.50. The van der Waals surface area contributed by atoms with Crippen molar-refractivity contribution in [1.29, 1.82) is 0 Å². The molecule has 0 unspecified atom stereocenters. The summed E-state index contributed by atoms with van der Waals surface area (Å²) in [6.45, 7) is 8.72. The van der Waals surface area contributed by atoms with Gasteiger partial charge < -0.3 is 4.90 Å². The highest BCUT2D eigenvalue weighted by Crippen LogP contribution is 2.47. The van der Waals surface area contributed by atoms with Crippen LogP contribution >= 0.6 is 0 Å². The Hall–Kier alpha value is -3.43. The molecule has 1 aliphatic heterocycles. The fourth-order valence-corrected chi connectivity index (χ4v) is 5.81. The zero-order valence-electron chi connectivity index (χ0n) is 19.7. The van der Waals surface area contributed by atoms with Gasteiger partial charge in [-0.3, -0.25) is 9.88 Å². The first-order valence-corrected chi connectivity index (χ1v) is 12.4. The van der Waals surface area contributed by atoms with Gasteiger partial charge in [-0.1, -0.05) is 85.4 Å². The Morgan fingerprint density at radius 2 is 1.50 bits per heavy atom. The molecule has 0 spiro atoms. The molecule has 6 rings (SSSR count). The lowest BCUT2D eigenvalue weighted by Crippen LogP contribution is -2.57. The predicted molar refractivity (Wildman–Crippen MR) is 141 cm³/mol. The zero-order valence-corrected chi connectivity index (χ0v) is 19.7. The van der Waals surface area contributed by atoms with Gasteiger partial charge >= 0.3 is 0 Å². The van der Waals surface area contributed by atoms with Gasteiger partial charge in [-0.15, -0.1) is 0 Å². The average molecular weight is 446 g/mol. The molecule has 3 heteroatoms. The van der Waals surface area contributed by atoms with Gasteiger partial charge in [0.15, 0.2) is 0 Å². The Bertz CT molecular complexity index is 1290. The fourth-order valence-electron chi connectivity index (χ4n) is 5.81. The van der Waals surface area contributed by atoms with Gasteiger partial charge in [0.25, 0.3) is 0 Å². The molecule has 1 saturated heterocycles. The van der Waals surface area contributed by atoms with Crippen molar-refractivity contribution < 1.29 is 0 Å². The topological polar surface area (TPSA) is 19.4 Å². The number of piperazine rings is 1. The van der Waals surface area contributed by atoms with E-state index in [0.29, 0.717) is 0 Å². The minimum atomic E-state index is 0.253. The van der Waals surface area contributed by atoms with E-state index in [2.05, 4.69) is 100 Å². The van der Waals surface area contributed by atoms with E-state index < -0.39 is 0 Å². The number of rotatable bonds is 5. The third-order valence-electron chi connectivity index (χ3n) is 7.92. The summed E-state index contributed by atoms with van der Waals surface area (Å²) in [6.07, 6.45) is 5.76. The van der Waals surface area contributed by atoms with Crippen LogP contribution < -0.4 is 0 Å². The molecule has 0 amide bonds. The van der Waals surface area contributed by atoms with E-state index >= 15 is 0 Å². The summed E-state index contributed by atoms with van der Waals surface area (Å²) in [5.74, 6) is 0. The Kier molecular flexibility index (Phi) is 5.43. The standard InChI is InChI=1S/C31H31N3/c1-24(25-13-15-26(16-14-25)29-12-5-8-27-9-6-19-32-30(27)29)33-20-22-34(23-21-33)31(17-7-18-31)28-10-3-2-4-11-28/h2-6,8-16,19H,1,7,17-18,20-23H2. The molecular weight excluding hydrogens is 414 g/mol. The van der Waals surface area contributed by atoms with Gasteiger partial charge in [-0.2, -0.15) is 0 Å². The van der Waals surface area contributed by atoms with Crippen molar-refractivity contribution in [2.45, 2.75) is 24.8 Å². The third kappa shape index (κ3) is 3.61. The first kappa shape index (κ1) is 21.1. The van der Waals surface area contributed by atoms with Gasteiger partial charge in [-0.05, 0) is 42.0 Å². The highest BCUT2D eigenvalue weighted by Gasteiger charge is 2.44. The van der Waals surface area contributed by atoms with E-state index in [9.17, 15) is 0 Å². The van der Waals surface area contributed by atoms with Crippen LogP contribution in [-0.2, 0) is 5.54 Å². The number of hydrogen-bond acceptors (Lipinski definition) is 3. The summed E-state index contributed by atoms with van der Waals surface area (Å²) in [4.78, 5) is 9.81. The summed E-state index contributed by atoms with van der Waals surface area (Å²) in [6, 6.07) is 30.5. The minimum Gasteiger partial charge on any atom is -0.369 e. The summed E-state index contributed by atoms with van der Waals surface area (Å²) in [7, 11) is 0. The molecule has 170 valence electrons. The van der Waals surface area contributed by atoms with E-state index in [0.717, 1.165) is 37.4 Å². The van der Waals surface area contributed by atoms with Crippen molar-refractivity contribution in [3.63, 3.8) is 0 Å². The van der Waals surface area contributed by atoms with E-state index in [-0.39, 0.29) is 5.54 Å². The van der Waals surface area contributed by atoms with Gasteiger partial charge in [0.05, 0.1) is 5.52 Å². The van der Waals surface area contributed by atoms with E-state index in [1.165, 1.54) is 46.9 Å². The highest BCUT2D eigenvalue weighted by atomic mass is 15.3. The quantitative estimate of drug-likeness (QED) is 0.346. The average Bonchev–Trinajstić information content (AvgIpc) is 2.88. The molecule has 1 aromatic heterocycles. The Morgan fingerprint density at radius 3 is 2.21 bits per heavy atom. The molecule has 3 aromatic carbocycles. The van der Waals surface area contributed by atoms with Crippen LogP contribution in [0.3, 0.4) is 0 Å². The van der Waals surface area contributed by atoms with Crippen LogP contribution in [0.5, 0.6) is 0 Å². The van der Waals surface area contributed by atoms with Gasteiger partial charge in [0, 0.05) is 54.6 Å². The number of hydrogen-bond donors (Lipinski definition) is 0. The van der Waals surface area contributed by atoms with Crippen molar-refractivity contribution >= 4 is 16.6 Å². The second-order valence-electron chi connectivity index (χ2n) is 9.63. The molecule has 3 nitrogen and oxygen atoms in total. The number of benzene rings is 3. The summed E-state index contributed by atoms with van der Waals surface area (Å²) >= 11 is 0. The molecule has 34 heavy (non-hydrogen) atoms. The predicted octanol–water partition coefficient (Wildman–Crippen LogP) is 6.57. The maximum absolute atomic E-state index is 4.62. The lowest BCUT2D eigenvalue weighted by molar-refractivity contribution is -0.0129. The number of fused-ring (bicyclic) bond motifs is 1. The van der Waals surface area contributed by atoms with E-state index in [4.69, 9.17) is 0 Å². The van der Waals surface area contributed by atoms with Crippen LogP contribution in [0.1, 0.15) is 30.4 Å². The van der Waals surface area contributed by atoms with Crippen LogP contribution in [0.15, 0.2) is 97.7 Å². The SMILES string of the molecule is C=C(c1ccc(-c2cccc3cccnc23)cc1)N1CCN(C2(c3ccccc3)CCC2)CC1. The first-order valence-electron chi connectivity index (χ1n) is 12.4. The van der Waals surface area contributed by atoms with Crippen LogP contribution in [0.4, 0.5) is 0 Å². The molecule has 2 heterocycles. The number of pyridine rings is 1. The number of aromatic nitrogens is 1. The second-order valence-corrected chi connectivity index (χ2v) is 9.63. The summed E-state index contributed by atoms with van der Waals surface area (Å²) < 4.78 is 0. The Balaban J connectivity index is 1.16. The smallest absolute Gasteiger partial charge is 0.0780 e. The van der Waals surface area contributed by atoms with Gasteiger partial charge in [0.2, 0.25) is 0 Å². The highest BCUT2D eigenvalue weighted by molar-refractivity contribution is 5.93. The lowest BCUT2D eigenvalue weighted by atomic mass is 9.70. The van der Waals surface area contributed by atoms with Gasteiger partial charge in [0.1, 0.15) is 0 Å². The molecule has 1 saturated carbocycles. The van der Waals surface area contributed by atoms with Crippen molar-refractivity contribution in [2.24, 2.45) is 0 Å². The fraction of sp³-hybridized carbons (Fsp3) is 0.258. The zero-order chi connectivity index (χ0) is 23.0. The van der Waals surface area contributed by atoms with Crippen LogP contribution in [0.25, 0.3) is 27.7 Å². The first-order chi connectivity index (χ1) is 16.7. The molecule has 0 radical (unpaired) electrons. The largest absolute Gasteiger partial charge is 0.369 e. The number of nitrogens with zero attached hydrogens (tertiary/aromatic N) is 3. The molecule has 4 aromatic rings. The maximum Gasteiger partial charge on any atom is 0.0780 e. The molecule has 1 aliphatic carbocycles. The Morgan fingerprint density at radius 1 is 0.765 bits per heavy atom. The Labute approximate surface area is 202 Å². The maximum atomic E-state index is 4.62. The lowest BCUT2D eigenvalue weighted by Gasteiger charge is -2.54. The van der Waals surface area contributed by atoms with Crippen molar-refractivity contribution in [2.75, 3.05) is 26.2 Å². The molecule has 0 N–H and O–H groups in total.